The predicted molar refractivity (Wildman–Crippen MR) is 114 cm³/mol. The number of likely N-dealkylation sites (tertiary alicyclic amines) is 1. The van der Waals surface area contributed by atoms with Gasteiger partial charge in [0.05, 0.1) is 23.2 Å². The first-order valence-corrected chi connectivity index (χ1v) is 10.0. The lowest BCUT2D eigenvalue weighted by molar-refractivity contribution is -0.384. The second-order valence-electron chi connectivity index (χ2n) is 8.39. The molecule has 30 heavy (non-hydrogen) atoms. The van der Waals surface area contributed by atoms with Gasteiger partial charge in [-0.25, -0.2) is 4.79 Å². The maximum Gasteiger partial charge on any atom is 0.413 e. The highest BCUT2D eigenvalue weighted by molar-refractivity contribution is 5.78. The van der Waals surface area contributed by atoms with Crippen molar-refractivity contribution in [2.75, 3.05) is 25.5 Å². The van der Waals surface area contributed by atoms with Crippen LogP contribution in [-0.2, 0) is 5.41 Å². The minimum absolute atomic E-state index is 0.0355. The molecule has 2 aliphatic rings. The monoisotopic (exact) mass is 410 g/mol. The van der Waals surface area contributed by atoms with Gasteiger partial charge in [0.2, 0.25) is 0 Å². The third-order valence-corrected chi connectivity index (χ3v) is 6.41. The van der Waals surface area contributed by atoms with Crippen LogP contribution in [-0.4, -0.2) is 42.7 Å². The zero-order valence-corrected chi connectivity index (χ0v) is 17.6. The van der Waals surface area contributed by atoms with Crippen LogP contribution >= 0.6 is 0 Å². The van der Waals surface area contributed by atoms with Crippen LogP contribution < -0.4 is 15.0 Å². The fourth-order valence-corrected chi connectivity index (χ4v) is 5.00. The Balaban J connectivity index is 1.63. The fraction of sp³-hybridized carbons (Fsp3) is 0.409. The minimum atomic E-state index is -0.641. The number of hydrogen-bond acceptors (Lipinski definition) is 6. The molecule has 1 fully saturated rings. The van der Waals surface area contributed by atoms with E-state index in [1.807, 2.05) is 56.3 Å². The van der Waals surface area contributed by atoms with E-state index in [0.29, 0.717) is 5.69 Å². The van der Waals surface area contributed by atoms with Gasteiger partial charge in [-0.15, -0.1) is 0 Å². The number of likely N-dealkylation sites (N-methyl/N-ethyl adjacent to an activating group) is 2. The number of carbonyl (C=O) groups is 1. The van der Waals surface area contributed by atoms with Crippen molar-refractivity contribution in [1.82, 2.24) is 10.2 Å². The second kappa shape index (κ2) is 7.28. The zero-order chi connectivity index (χ0) is 21.6. The third-order valence-electron chi connectivity index (χ3n) is 6.41. The van der Waals surface area contributed by atoms with Gasteiger partial charge in [0.15, 0.2) is 0 Å². The van der Waals surface area contributed by atoms with Gasteiger partial charge in [-0.05, 0) is 37.6 Å². The number of nitro benzene ring substituents is 1. The number of anilines is 1. The van der Waals surface area contributed by atoms with Gasteiger partial charge in [-0.3, -0.25) is 15.0 Å². The maximum absolute atomic E-state index is 12.5. The Bertz CT molecular complexity index is 996. The molecule has 1 saturated heterocycles. The van der Waals surface area contributed by atoms with Gasteiger partial charge in [-0.1, -0.05) is 37.3 Å². The minimum Gasteiger partial charge on any atom is -0.410 e. The highest BCUT2D eigenvalue weighted by Gasteiger charge is 2.54. The van der Waals surface area contributed by atoms with Gasteiger partial charge in [-0.2, -0.15) is 0 Å². The molecule has 158 valence electrons. The third kappa shape index (κ3) is 3.17. The van der Waals surface area contributed by atoms with Crippen LogP contribution in [0.4, 0.5) is 16.2 Å². The first-order chi connectivity index (χ1) is 14.2. The van der Waals surface area contributed by atoms with E-state index in [2.05, 4.69) is 17.1 Å². The number of nitrogens with zero attached hydrogens (tertiary/aromatic N) is 3. The lowest BCUT2D eigenvalue weighted by atomic mass is 9.81. The summed E-state index contributed by atoms with van der Waals surface area (Å²) in [5.41, 5.74) is 2.09. The molecule has 2 aromatic rings. The van der Waals surface area contributed by atoms with Crippen molar-refractivity contribution >= 4 is 17.5 Å². The number of hydrogen-bond donors (Lipinski definition) is 1. The van der Waals surface area contributed by atoms with Crippen molar-refractivity contribution in [3.05, 3.63) is 63.7 Å². The van der Waals surface area contributed by atoms with Crippen LogP contribution in [0.2, 0.25) is 0 Å². The van der Waals surface area contributed by atoms with Gasteiger partial charge >= 0.3 is 6.09 Å². The largest absolute Gasteiger partial charge is 0.413 e. The Morgan fingerprint density at radius 1 is 1.30 bits per heavy atom. The number of amides is 1. The summed E-state index contributed by atoms with van der Waals surface area (Å²) < 4.78 is 5.49. The molecule has 0 saturated carbocycles. The van der Waals surface area contributed by atoms with Crippen LogP contribution in [0.3, 0.4) is 0 Å². The summed E-state index contributed by atoms with van der Waals surface area (Å²) in [6.45, 7) is 4.88. The quantitative estimate of drug-likeness (QED) is 0.609. The van der Waals surface area contributed by atoms with E-state index in [9.17, 15) is 14.9 Å². The van der Waals surface area contributed by atoms with Crippen LogP contribution in [0.1, 0.15) is 37.4 Å². The highest BCUT2D eigenvalue weighted by atomic mass is 16.6. The molecule has 0 bridgehead atoms. The molecule has 2 aromatic carbocycles. The van der Waals surface area contributed by atoms with E-state index in [1.54, 1.807) is 6.07 Å². The molecular weight excluding hydrogens is 384 g/mol. The summed E-state index contributed by atoms with van der Waals surface area (Å²) >= 11 is 0. The molecule has 0 radical (unpaired) electrons. The molecule has 1 N–H and O–H groups in total. The Morgan fingerprint density at radius 3 is 2.67 bits per heavy atom. The molecule has 8 nitrogen and oxygen atoms in total. The summed E-state index contributed by atoms with van der Waals surface area (Å²) in [6.07, 6.45) is 0.272. The average Bonchev–Trinajstić information content (AvgIpc) is 3.13. The van der Waals surface area contributed by atoms with Crippen molar-refractivity contribution in [3.63, 3.8) is 0 Å². The van der Waals surface area contributed by atoms with E-state index in [1.165, 1.54) is 6.07 Å². The Labute approximate surface area is 175 Å². The van der Waals surface area contributed by atoms with Gasteiger partial charge in [0.1, 0.15) is 11.4 Å². The molecule has 1 amide bonds. The van der Waals surface area contributed by atoms with Gasteiger partial charge in [0, 0.05) is 19.0 Å². The van der Waals surface area contributed by atoms with E-state index in [-0.39, 0.29) is 29.1 Å². The molecule has 0 unspecified atom stereocenters. The molecule has 8 heteroatoms. The number of rotatable bonds is 4. The van der Waals surface area contributed by atoms with E-state index in [4.69, 9.17) is 4.74 Å². The van der Waals surface area contributed by atoms with E-state index < -0.39 is 11.0 Å². The van der Waals surface area contributed by atoms with Crippen LogP contribution in [0.15, 0.2) is 42.5 Å². The van der Waals surface area contributed by atoms with Crippen molar-refractivity contribution < 1.29 is 14.5 Å². The molecule has 2 heterocycles. The Hall–Kier alpha value is -3.13. The molecule has 3 atom stereocenters. The molecular formula is C22H26N4O4. The first-order valence-electron chi connectivity index (χ1n) is 10.0. The Kier molecular flexibility index (Phi) is 4.89. The predicted octanol–water partition coefficient (Wildman–Crippen LogP) is 3.81. The normalized spacial score (nSPS) is 23.6. The Morgan fingerprint density at radius 2 is 2.00 bits per heavy atom. The summed E-state index contributed by atoms with van der Waals surface area (Å²) in [5, 5.41) is 14.6. The van der Waals surface area contributed by atoms with Crippen LogP contribution in [0.25, 0.3) is 0 Å². The van der Waals surface area contributed by atoms with Crippen LogP contribution in [0, 0.1) is 10.1 Å². The van der Waals surface area contributed by atoms with Crippen LogP contribution in [0.5, 0.6) is 5.75 Å². The number of fused-ring (bicyclic) bond motifs is 3. The second-order valence-corrected chi connectivity index (χ2v) is 8.39. The summed E-state index contributed by atoms with van der Waals surface area (Å²) in [4.78, 5) is 28.1. The first kappa shape index (κ1) is 20.2. The van der Waals surface area contributed by atoms with Crippen molar-refractivity contribution in [1.29, 1.82) is 0 Å². The molecule has 0 aromatic heterocycles. The zero-order valence-electron chi connectivity index (χ0n) is 17.6. The molecule has 0 aliphatic carbocycles. The van der Waals surface area contributed by atoms with Gasteiger partial charge < -0.3 is 15.0 Å². The summed E-state index contributed by atoms with van der Waals surface area (Å²) in [5.74, 6) is 0.183. The van der Waals surface area contributed by atoms with Gasteiger partial charge in [0.25, 0.3) is 5.69 Å². The summed E-state index contributed by atoms with van der Waals surface area (Å²) in [6, 6.07) is 12.4. The SMILES string of the molecule is C[C@H](NC(=O)Oc1cc([N+](=O)[O-])c2c(c1)[C@]1(C)CCN(C)[C@@H]1N2C)c1ccccc1. The van der Waals surface area contributed by atoms with E-state index >= 15 is 0 Å². The number of benzene rings is 2. The maximum atomic E-state index is 12.5. The topological polar surface area (TPSA) is 87.9 Å². The number of nitro groups is 1. The molecule has 0 spiro atoms. The fourth-order valence-electron chi connectivity index (χ4n) is 5.00. The number of nitrogens with one attached hydrogen (secondary N) is 1. The standard InChI is InChI=1S/C22H26N4O4/c1-14(15-8-6-5-7-9-15)23-21(27)30-16-12-17-19(18(13-16)26(28)29)25(4)20-22(17,2)10-11-24(20)3/h5-9,12-14,20H,10-11H2,1-4H3,(H,23,27)/t14-,20+,22-/m0/s1. The molecule has 4 rings (SSSR count). The van der Waals surface area contributed by atoms with Crippen molar-refractivity contribution in [2.24, 2.45) is 0 Å². The van der Waals surface area contributed by atoms with Crippen molar-refractivity contribution in [3.8, 4) is 5.75 Å². The summed E-state index contributed by atoms with van der Waals surface area (Å²) in [7, 11) is 3.91. The highest BCUT2D eigenvalue weighted by Crippen LogP contribution is 2.55. The van der Waals surface area contributed by atoms with Crippen molar-refractivity contribution in [2.45, 2.75) is 37.9 Å². The van der Waals surface area contributed by atoms with E-state index in [0.717, 1.165) is 24.1 Å². The lowest BCUT2D eigenvalue weighted by Gasteiger charge is -2.32. The average molecular weight is 410 g/mol. The number of carbonyl (C=O) groups excluding carboxylic acids is 1. The lowest BCUT2D eigenvalue weighted by Crippen LogP contribution is -2.45. The molecule has 2 aliphatic heterocycles. The smallest absolute Gasteiger partial charge is 0.410 e. The number of ether oxygens (including phenoxy) is 1.